The Morgan fingerprint density at radius 2 is 1.80 bits per heavy atom. The lowest BCUT2D eigenvalue weighted by atomic mass is 10.1. The number of piperidine rings is 1. The van der Waals surface area contributed by atoms with E-state index in [2.05, 4.69) is 0 Å². The van der Waals surface area contributed by atoms with E-state index in [-0.39, 0.29) is 39.8 Å². The summed E-state index contributed by atoms with van der Waals surface area (Å²) in [5.74, 6) is -0.673. The van der Waals surface area contributed by atoms with Crippen molar-refractivity contribution in [2.75, 3.05) is 13.1 Å². The number of nitrogens with zero attached hydrogens (tertiary/aromatic N) is 2. The van der Waals surface area contributed by atoms with Gasteiger partial charge >= 0.3 is 0 Å². The van der Waals surface area contributed by atoms with E-state index in [4.69, 9.17) is 11.6 Å². The average Bonchev–Trinajstić information content (AvgIpc) is 3.59. The molecule has 2 aromatic rings. The molecule has 1 saturated heterocycles. The highest BCUT2D eigenvalue weighted by atomic mass is 35.5. The Morgan fingerprint density at radius 3 is 2.47 bits per heavy atom. The minimum atomic E-state index is -3.77. The SMILES string of the molecule is O=C(c1ccc(Cl)c(S(=O)(=O)N2CCCCC2)c1)N(Cc1ccccc1F)C1CC1. The summed E-state index contributed by atoms with van der Waals surface area (Å²) in [5, 5.41) is 0.101. The average molecular weight is 451 g/mol. The number of carbonyl (C=O) groups is 1. The smallest absolute Gasteiger partial charge is 0.254 e. The van der Waals surface area contributed by atoms with E-state index in [0.29, 0.717) is 18.7 Å². The molecule has 30 heavy (non-hydrogen) atoms. The molecule has 5 nitrogen and oxygen atoms in total. The molecule has 160 valence electrons. The molecule has 0 radical (unpaired) electrons. The van der Waals surface area contributed by atoms with Gasteiger partial charge in [0.1, 0.15) is 10.7 Å². The first-order valence-electron chi connectivity index (χ1n) is 10.2. The molecule has 2 aliphatic rings. The number of sulfonamides is 1. The van der Waals surface area contributed by atoms with Crippen molar-refractivity contribution in [1.82, 2.24) is 9.21 Å². The van der Waals surface area contributed by atoms with E-state index < -0.39 is 10.0 Å². The lowest BCUT2D eigenvalue weighted by Gasteiger charge is -2.27. The van der Waals surface area contributed by atoms with Gasteiger partial charge in [-0.2, -0.15) is 4.31 Å². The Hall–Kier alpha value is -1.96. The molecule has 2 aromatic carbocycles. The predicted molar refractivity (Wildman–Crippen MR) is 113 cm³/mol. The zero-order chi connectivity index (χ0) is 21.3. The highest BCUT2D eigenvalue weighted by molar-refractivity contribution is 7.89. The third-order valence-corrected chi connectivity index (χ3v) is 8.04. The van der Waals surface area contributed by atoms with E-state index >= 15 is 0 Å². The summed E-state index contributed by atoms with van der Waals surface area (Å²) >= 11 is 6.23. The van der Waals surface area contributed by atoms with Gasteiger partial charge in [-0.25, -0.2) is 12.8 Å². The van der Waals surface area contributed by atoms with E-state index in [1.807, 2.05) is 0 Å². The maximum absolute atomic E-state index is 14.1. The largest absolute Gasteiger partial charge is 0.331 e. The maximum atomic E-state index is 14.1. The van der Waals surface area contributed by atoms with Gasteiger partial charge in [-0.3, -0.25) is 4.79 Å². The topological polar surface area (TPSA) is 57.7 Å². The predicted octanol–water partition coefficient (Wildman–Crippen LogP) is 4.46. The van der Waals surface area contributed by atoms with E-state index in [1.54, 1.807) is 23.1 Å². The quantitative estimate of drug-likeness (QED) is 0.653. The molecular formula is C22H24ClFN2O3S. The Kier molecular flexibility index (Phi) is 6.14. The molecule has 0 bridgehead atoms. The number of hydrogen-bond donors (Lipinski definition) is 0. The lowest BCUT2D eigenvalue weighted by molar-refractivity contribution is 0.0728. The van der Waals surface area contributed by atoms with Crippen molar-refractivity contribution >= 4 is 27.5 Å². The van der Waals surface area contributed by atoms with Crippen molar-refractivity contribution in [1.29, 1.82) is 0 Å². The maximum Gasteiger partial charge on any atom is 0.254 e. The Labute approximate surface area is 181 Å². The van der Waals surface area contributed by atoms with Crippen LogP contribution in [0.5, 0.6) is 0 Å². The van der Waals surface area contributed by atoms with Gasteiger partial charge in [0.05, 0.1) is 5.02 Å². The Bertz CT molecular complexity index is 1050. The number of benzene rings is 2. The summed E-state index contributed by atoms with van der Waals surface area (Å²) in [6.45, 7) is 1.06. The highest BCUT2D eigenvalue weighted by Gasteiger charge is 2.35. The van der Waals surface area contributed by atoms with Gasteiger partial charge in [0.15, 0.2) is 0 Å². The van der Waals surface area contributed by atoms with Crippen LogP contribution in [-0.2, 0) is 16.6 Å². The minimum absolute atomic E-state index is 0.0370. The molecule has 0 aromatic heterocycles. The first-order chi connectivity index (χ1) is 14.4. The third kappa shape index (κ3) is 4.38. The molecular weight excluding hydrogens is 427 g/mol. The van der Waals surface area contributed by atoms with Crippen molar-refractivity contribution in [3.05, 3.63) is 64.4 Å². The molecule has 0 unspecified atom stereocenters. The molecule has 1 aliphatic carbocycles. The highest BCUT2D eigenvalue weighted by Crippen LogP contribution is 2.32. The second kappa shape index (κ2) is 8.65. The second-order valence-corrected chi connectivity index (χ2v) is 10.2. The molecule has 1 heterocycles. The fourth-order valence-corrected chi connectivity index (χ4v) is 5.82. The standard InChI is InChI=1S/C22H24ClFN2O3S/c23-19-11-8-16(14-21(19)30(28,29)25-12-4-1-5-13-25)22(27)26(18-9-10-18)15-17-6-2-3-7-20(17)24/h2-3,6-8,11,14,18H,1,4-5,9-10,12-13,15H2. The number of amides is 1. The van der Waals surface area contributed by atoms with E-state index in [1.165, 1.54) is 28.6 Å². The summed E-state index contributed by atoms with van der Waals surface area (Å²) in [4.78, 5) is 14.8. The van der Waals surface area contributed by atoms with E-state index in [0.717, 1.165) is 32.1 Å². The van der Waals surface area contributed by atoms with Crippen LogP contribution in [0, 0.1) is 5.82 Å². The molecule has 0 atom stereocenters. The van der Waals surface area contributed by atoms with Crippen LogP contribution in [0.15, 0.2) is 47.4 Å². The number of rotatable bonds is 6. The summed E-state index contributed by atoms with van der Waals surface area (Å²) in [6, 6.07) is 10.8. The van der Waals surface area contributed by atoms with Crippen LogP contribution in [0.3, 0.4) is 0 Å². The summed E-state index contributed by atoms with van der Waals surface area (Å²) < 4.78 is 41.8. The van der Waals surface area contributed by atoms with Gasteiger partial charge in [-0.1, -0.05) is 36.2 Å². The zero-order valence-electron chi connectivity index (χ0n) is 16.6. The molecule has 4 rings (SSSR count). The zero-order valence-corrected chi connectivity index (χ0v) is 18.1. The first-order valence-corrected chi connectivity index (χ1v) is 12.0. The minimum Gasteiger partial charge on any atom is -0.331 e. The number of halogens is 2. The normalized spacial score (nSPS) is 17.7. The Balaban J connectivity index is 1.63. The van der Waals surface area contributed by atoms with Crippen LogP contribution in [-0.4, -0.2) is 42.7 Å². The summed E-state index contributed by atoms with van der Waals surface area (Å²) in [7, 11) is -3.77. The van der Waals surface area contributed by atoms with Gasteiger partial charge < -0.3 is 4.90 Å². The van der Waals surface area contributed by atoms with Crippen LogP contribution in [0.4, 0.5) is 4.39 Å². The van der Waals surface area contributed by atoms with Gasteiger partial charge in [-0.05, 0) is 49.9 Å². The van der Waals surface area contributed by atoms with Gasteiger partial charge in [0.2, 0.25) is 10.0 Å². The van der Waals surface area contributed by atoms with E-state index in [9.17, 15) is 17.6 Å². The molecule has 1 aliphatic heterocycles. The molecule has 2 fully saturated rings. The summed E-state index contributed by atoms with van der Waals surface area (Å²) in [5.41, 5.74) is 0.686. The van der Waals surface area contributed by atoms with Crippen molar-refractivity contribution in [2.24, 2.45) is 0 Å². The van der Waals surface area contributed by atoms with Gasteiger partial charge in [-0.15, -0.1) is 0 Å². The molecule has 8 heteroatoms. The molecule has 0 spiro atoms. The van der Waals surface area contributed by atoms with Crippen molar-refractivity contribution in [2.45, 2.75) is 49.6 Å². The lowest BCUT2D eigenvalue weighted by Crippen LogP contribution is -2.36. The van der Waals surface area contributed by atoms with Crippen LogP contribution in [0.1, 0.15) is 48.0 Å². The second-order valence-electron chi connectivity index (χ2n) is 7.87. The number of hydrogen-bond acceptors (Lipinski definition) is 3. The summed E-state index contributed by atoms with van der Waals surface area (Å²) in [6.07, 6.45) is 4.34. The van der Waals surface area contributed by atoms with Crippen LogP contribution in [0.25, 0.3) is 0 Å². The van der Waals surface area contributed by atoms with Crippen LogP contribution >= 0.6 is 11.6 Å². The number of carbonyl (C=O) groups excluding carboxylic acids is 1. The fourth-order valence-electron chi connectivity index (χ4n) is 3.81. The van der Waals surface area contributed by atoms with Gasteiger partial charge in [0, 0.05) is 36.8 Å². The first kappa shape index (κ1) is 21.3. The molecule has 0 N–H and O–H groups in total. The van der Waals surface area contributed by atoms with Crippen molar-refractivity contribution in [3.63, 3.8) is 0 Å². The van der Waals surface area contributed by atoms with Crippen molar-refractivity contribution in [3.8, 4) is 0 Å². The fraction of sp³-hybridized carbons (Fsp3) is 0.409. The third-order valence-electron chi connectivity index (χ3n) is 5.66. The molecule has 1 saturated carbocycles. The van der Waals surface area contributed by atoms with Crippen LogP contribution < -0.4 is 0 Å². The Morgan fingerprint density at radius 1 is 1.10 bits per heavy atom. The van der Waals surface area contributed by atoms with Gasteiger partial charge in [0.25, 0.3) is 5.91 Å². The monoisotopic (exact) mass is 450 g/mol. The molecule has 1 amide bonds. The van der Waals surface area contributed by atoms with Crippen LogP contribution in [0.2, 0.25) is 5.02 Å². The van der Waals surface area contributed by atoms with Crippen molar-refractivity contribution < 1.29 is 17.6 Å².